The molecule has 0 aromatic heterocycles. The number of amides is 2. The van der Waals surface area contributed by atoms with Crippen LogP contribution in [0, 0.1) is 0 Å². The quantitative estimate of drug-likeness (QED) is 0.573. The van der Waals surface area contributed by atoms with Gasteiger partial charge in [-0.3, -0.25) is 9.59 Å². The highest BCUT2D eigenvalue weighted by Crippen LogP contribution is 2.22. The van der Waals surface area contributed by atoms with Gasteiger partial charge in [-0.2, -0.15) is 0 Å². The van der Waals surface area contributed by atoms with Crippen LogP contribution in [0.4, 0.5) is 4.79 Å². The molecule has 0 N–H and O–H groups in total. The van der Waals surface area contributed by atoms with Crippen LogP contribution in [0.5, 0.6) is 0 Å². The second kappa shape index (κ2) is 7.86. The fraction of sp³-hybridized carbons (Fsp3) is 0.308. The van der Waals surface area contributed by atoms with E-state index in [2.05, 4.69) is 22.6 Å². The molecule has 2 amide bonds. The number of rotatable bonds is 4. The van der Waals surface area contributed by atoms with Crippen molar-refractivity contribution in [3.8, 4) is 0 Å². The summed E-state index contributed by atoms with van der Waals surface area (Å²) in [7, 11) is 1.12. The highest BCUT2D eigenvalue weighted by atomic mass is 16.7. The molecule has 6 heteroatoms. The number of hydrogen-bond donors (Lipinski definition) is 0. The summed E-state index contributed by atoms with van der Waals surface area (Å²) in [6, 6.07) is 0. The van der Waals surface area contributed by atoms with Crippen LogP contribution in [0.2, 0.25) is 0 Å². The van der Waals surface area contributed by atoms with Crippen LogP contribution in [0.3, 0.4) is 0 Å². The van der Waals surface area contributed by atoms with Crippen molar-refractivity contribution in [1.82, 2.24) is 4.90 Å². The van der Waals surface area contributed by atoms with Crippen LogP contribution in [0.25, 0.3) is 0 Å². The maximum absolute atomic E-state index is 11.7. The van der Waals surface area contributed by atoms with E-state index in [4.69, 9.17) is 0 Å². The van der Waals surface area contributed by atoms with Crippen LogP contribution in [-0.4, -0.2) is 36.7 Å². The molecule has 1 aliphatic rings. The average molecular weight is 267 g/mol. The maximum atomic E-state index is 11.7. The Bertz CT molecular complexity index is 406. The van der Waals surface area contributed by atoms with E-state index in [0.717, 1.165) is 12.0 Å². The maximum Gasteiger partial charge on any atom is 0.509 e. The van der Waals surface area contributed by atoms with Crippen molar-refractivity contribution in [3.63, 3.8) is 0 Å². The minimum atomic E-state index is -0.974. The summed E-state index contributed by atoms with van der Waals surface area (Å²) in [5, 5.41) is 0. The Kier molecular flexibility index (Phi) is 6.88. The Hall–Kier alpha value is -2.37. The van der Waals surface area contributed by atoms with Crippen LogP contribution in [0.1, 0.15) is 13.8 Å². The molecular weight excluding hydrogens is 250 g/mol. The first kappa shape index (κ1) is 16.6. The minimum Gasteiger partial charge on any atom is -0.438 e. The van der Waals surface area contributed by atoms with Crippen molar-refractivity contribution in [2.75, 3.05) is 13.8 Å². The number of methoxy groups -OCH3 is 1. The molecule has 0 unspecified atom stereocenters. The SMILES string of the molecule is C=CC1=C(C=C)C(=O)N(COC(=O)OC)C1=O.CC. The molecule has 0 saturated carbocycles. The molecule has 1 rings (SSSR count). The van der Waals surface area contributed by atoms with Crippen LogP contribution >= 0.6 is 0 Å². The highest BCUT2D eigenvalue weighted by Gasteiger charge is 2.35. The first-order valence-electron chi connectivity index (χ1n) is 5.62. The minimum absolute atomic E-state index is 0.137. The lowest BCUT2D eigenvalue weighted by Crippen LogP contribution is -2.34. The zero-order chi connectivity index (χ0) is 15.0. The largest absolute Gasteiger partial charge is 0.509 e. The molecule has 104 valence electrons. The number of carbonyl (C=O) groups is 3. The fourth-order valence-electron chi connectivity index (χ4n) is 1.30. The molecule has 0 saturated heterocycles. The second-order valence-corrected chi connectivity index (χ2v) is 3.00. The normalized spacial score (nSPS) is 13.7. The van der Waals surface area contributed by atoms with Crippen molar-refractivity contribution in [3.05, 3.63) is 36.5 Å². The predicted octanol–water partition coefficient (Wildman–Crippen LogP) is 1.79. The Morgan fingerprint density at radius 1 is 1.16 bits per heavy atom. The van der Waals surface area contributed by atoms with E-state index in [1.165, 1.54) is 12.2 Å². The van der Waals surface area contributed by atoms with Gasteiger partial charge in [-0.05, 0) is 0 Å². The summed E-state index contributed by atoms with van der Waals surface area (Å²) < 4.78 is 8.75. The standard InChI is InChI=1S/C11H11NO5.C2H6/c1-4-7-8(5-2)10(14)12(9(7)13)6-17-11(15)16-3;1-2/h4-5H,1-2,6H2,3H3;1-2H3. The molecule has 0 radical (unpaired) electrons. The Morgan fingerprint density at radius 2 is 1.58 bits per heavy atom. The molecule has 0 aliphatic carbocycles. The van der Waals surface area contributed by atoms with E-state index in [-0.39, 0.29) is 11.1 Å². The fourth-order valence-corrected chi connectivity index (χ4v) is 1.30. The van der Waals surface area contributed by atoms with Gasteiger partial charge in [0.2, 0.25) is 0 Å². The van der Waals surface area contributed by atoms with E-state index in [0.29, 0.717) is 0 Å². The van der Waals surface area contributed by atoms with Crippen molar-refractivity contribution >= 4 is 18.0 Å². The zero-order valence-corrected chi connectivity index (χ0v) is 11.3. The van der Waals surface area contributed by atoms with Gasteiger partial charge in [-0.15, -0.1) is 0 Å². The number of nitrogens with zero attached hydrogens (tertiary/aromatic N) is 1. The molecule has 0 aromatic carbocycles. The van der Waals surface area contributed by atoms with Crippen molar-refractivity contribution in [2.24, 2.45) is 0 Å². The van der Waals surface area contributed by atoms with Gasteiger partial charge in [0.25, 0.3) is 11.8 Å². The van der Waals surface area contributed by atoms with Gasteiger partial charge in [-0.25, -0.2) is 9.69 Å². The molecule has 6 nitrogen and oxygen atoms in total. The number of carbonyl (C=O) groups excluding carboxylic acids is 3. The van der Waals surface area contributed by atoms with E-state index < -0.39 is 24.7 Å². The molecule has 0 aromatic rings. The summed E-state index contributed by atoms with van der Waals surface area (Å²) in [5.41, 5.74) is 0.275. The summed E-state index contributed by atoms with van der Waals surface area (Å²) in [6.45, 7) is 10.4. The molecule has 0 atom stereocenters. The molecule has 19 heavy (non-hydrogen) atoms. The lowest BCUT2D eigenvalue weighted by Gasteiger charge is -2.13. The Labute approximate surface area is 112 Å². The van der Waals surface area contributed by atoms with E-state index in [9.17, 15) is 14.4 Å². The molecule has 0 fully saturated rings. The third kappa shape index (κ3) is 3.54. The molecule has 1 aliphatic heterocycles. The lowest BCUT2D eigenvalue weighted by molar-refractivity contribution is -0.141. The summed E-state index contributed by atoms with van der Waals surface area (Å²) in [6.07, 6.45) is 1.54. The second-order valence-electron chi connectivity index (χ2n) is 3.00. The first-order chi connectivity index (χ1) is 9.06. The first-order valence-corrected chi connectivity index (χ1v) is 5.62. The third-order valence-corrected chi connectivity index (χ3v) is 2.13. The summed E-state index contributed by atoms with van der Waals surface area (Å²) in [5.74, 6) is -1.16. The van der Waals surface area contributed by atoms with Crippen molar-refractivity contribution in [1.29, 1.82) is 0 Å². The van der Waals surface area contributed by atoms with E-state index in [1.807, 2.05) is 13.8 Å². The Morgan fingerprint density at radius 3 is 1.89 bits per heavy atom. The van der Waals surface area contributed by atoms with Gasteiger partial charge in [0.1, 0.15) is 0 Å². The highest BCUT2D eigenvalue weighted by molar-refractivity contribution is 6.21. The van der Waals surface area contributed by atoms with Gasteiger partial charge in [0.05, 0.1) is 18.3 Å². The summed E-state index contributed by atoms with van der Waals surface area (Å²) in [4.78, 5) is 34.9. The van der Waals surface area contributed by atoms with Gasteiger partial charge in [-0.1, -0.05) is 39.2 Å². The number of hydrogen-bond acceptors (Lipinski definition) is 5. The number of imide groups is 1. The van der Waals surface area contributed by atoms with Gasteiger partial charge in [0, 0.05) is 0 Å². The lowest BCUT2D eigenvalue weighted by atomic mass is 10.1. The smallest absolute Gasteiger partial charge is 0.438 e. The van der Waals surface area contributed by atoms with E-state index in [1.54, 1.807) is 0 Å². The molecule has 1 heterocycles. The average Bonchev–Trinajstić information content (AvgIpc) is 2.68. The molecule has 0 spiro atoms. The van der Waals surface area contributed by atoms with Crippen LogP contribution < -0.4 is 0 Å². The topological polar surface area (TPSA) is 72.9 Å². The van der Waals surface area contributed by atoms with Crippen LogP contribution in [-0.2, 0) is 19.1 Å². The van der Waals surface area contributed by atoms with Gasteiger partial charge >= 0.3 is 6.16 Å². The van der Waals surface area contributed by atoms with Crippen molar-refractivity contribution < 1.29 is 23.9 Å². The van der Waals surface area contributed by atoms with Crippen LogP contribution in [0.15, 0.2) is 36.5 Å². The molecule has 0 bridgehead atoms. The third-order valence-electron chi connectivity index (χ3n) is 2.13. The monoisotopic (exact) mass is 267 g/mol. The van der Waals surface area contributed by atoms with Crippen molar-refractivity contribution in [2.45, 2.75) is 13.8 Å². The van der Waals surface area contributed by atoms with E-state index >= 15 is 0 Å². The number of ether oxygens (including phenoxy) is 2. The zero-order valence-electron chi connectivity index (χ0n) is 11.3. The van der Waals surface area contributed by atoms with Gasteiger partial charge in [0.15, 0.2) is 6.73 Å². The Balaban J connectivity index is 0.00000154. The van der Waals surface area contributed by atoms with Gasteiger partial charge < -0.3 is 9.47 Å². The molecular formula is C13H17NO5. The summed E-state index contributed by atoms with van der Waals surface area (Å²) >= 11 is 0. The predicted molar refractivity (Wildman–Crippen MR) is 69.0 cm³/mol.